The lowest BCUT2D eigenvalue weighted by Crippen LogP contribution is -2.45. The van der Waals surface area contributed by atoms with Crippen LogP contribution in [0.15, 0.2) is 24.3 Å². The molecule has 23 heavy (non-hydrogen) atoms. The van der Waals surface area contributed by atoms with Crippen molar-refractivity contribution in [3.05, 3.63) is 35.4 Å². The Hall–Kier alpha value is -1.84. The summed E-state index contributed by atoms with van der Waals surface area (Å²) in [4.78, 5) is 25.6. The minimum absolute atomic E-state index is 0.0391. The van der Waals surface area contributed by atoms with Crippen LogP contribution in [0.1, 0.15) is 37.3 Å². The SMILES string of the molecule is C[C@@H]1CN(C(=O)C[C@H]2CCc3ccccc3C2)CC[C@@H]1C(=O)O. The van der Waals surface area contributed by atoms with Gasteiger partial charge in [0.05, 0.1) is 5.92 Å². The molecule has 1 amide bonds. The maximum Gasteiger partial charge on any atom is 0.306 e. The molecule has 4 heteroatoms. The Labute approximate surface area is 137 Å². The molecule has 1 aromatic carbocycles. The fourth-order valence-corrected chi connectivity index (χ4v) is 4.06. The van der Waals surface area contributed by atoms with E-state index in [4.69, 9.17) is 0 Å². The number of amides is 1. The molecule has 124 valence electrons. The number of carbonyl (C=O) groups excluding carboxylic acids is 1. The molecule has 1 heterocycles. The van der Waals surface area contributed by atoms with Gasteiger partial charge in [-0.05, 0) is 48.6 Å². The van der Waals surface area contributed by atoms with Gasteiger partial charge in [0, 0.05) is 19.5 Å². The summed E-state index contributed by atoms with van der Waals surface area (Å²) in [6, 6.07) is 8.51. The highest BCUT2D eigenvalue weighted by atomic mass is 16.4. The number of rotatable bonds is 3. The van der Waals surface area contributed by atoms with Crippen molar-refractivity contribution in [3.8, 4) is 0 Å². The number of hydrogen-bond donors (Lipinski definition) is 1. The largest absolute Gasteiger partial charge is 0.481 e. The maximum absolute atomic E-state index is 12.6. The number of hydrogen-bond acceptors (Lipinski definition) is 2. The number of aliphatic carboxylic acids is 1. The minimum atomic E-state index is -0.728. The molecule has 3 atom stereocenters. The van der Waals surface area contributed by atoms with Crippen LogP contribution < -0.4 is 0 Å². The quantitative estimate of drug-likeness (QED) is 0.933. The van der Waals surface area contributed by atoms with E-state index in [0.29, 0.717) is 31.8 Å². The Kier molecular flexibility index (Phi) is 4.69. The number of carboxylic acids is 1. The average Bonchev–Trinajstić information content (AvgIpc) is 2.54. The van der Waals surface area contributed by atoms with Gasteiger partial charge in [-0.2, -0.15) is 0 Å². The zero-order valence-electron chi connectivity index (χ0n) is 13.7. The predicted octanol–water partition coefficient (Wildman–Crippen LogP) is 2.75. The Bertz CT molecular complexity index is 598. The van der Waals surface area contributed by atoms with Gasteiger partial charge in [-0.1, -0.05) is 31.2 Å². The van der Waals surface area contributed by atoms with Crippen LogP contribution >= 0.6 is 0 Å². The number of fused-ring (bicyclic) bond motifs is 1. The van der Waals surface area contributed by atoms with Crippen LogP contribution in [0.25, 0.3) is 0 Å². The summed E-state index contributed by atoms with van der Waals surface area (Å²) in [6.45, 7) is 3.11. The van der Waals surface area contributed by atoms with Crippen molar-refractivity contribution in [1.82, 2.24) is 4.90 Å². The van der Waals surface area contributed by atoms with Gasteiger partial charge in [-0.15, -0.1) is 0 Å². The molecule has 0 radical (unpaired) electrons. The van der Waals surface area contributed by atoms with Gasteiger partial charge in [-0.3, -0.25) is 9.59 Å². The zero-order chi connectivity index (χ0) is 16.4. The van der Waals surface area contributed by atoms with E-state index < -0.39 is 5.97 Å². The third-order valence-electron chi connectivity index (χ3n) is 5.49. The number of carboxylic acid groups (broad SMARTS) is 1. The lowest BCUT2D eigenvalue weighted by Gasteiger charge is -2.36. The standard InChI is InChI=1S/C19H25NO3/c1-13-12-20(9-8-17(13)19(22)23)18(21)11-14-6-7-15-4-2-3-5-16(15)10-14/h2-5,13-14,17H,6-12H2,1H3,(H,22,23)/t13-,14+,17+/m1/s1. The Morgan fingerprint density at radius 2 is 1.96 bits per heavy atom. The summed E-state index contributed by atoms with van der Waals surface area (Å²) in [5.74, 6) is -0.374. The molecule has 1 saturated heterocycles. The number of carbonyl (C=O) groups is 2. The van der Waals surface area contributed by atoms with Crippen LogP contribution in [0.4, 0.5) is 0 Å². The van der Waals surface area contributed by atoms with Crippen LogP contribution in [0.3, 0.4) is 0 Å². The number of likely N-dealkylation sites (tertiary alicyclic amines) is 1. The highest BCUT2D eigenvalue weighted by Gasteiger charge is 2.33. The molecule has 1 aliphatic carbocycles. The van der Waals surface area contributed by atoms with Crippen LogP contribution in [0.5, 0.6) is 0 Å². The van der Waals surface area contributed by atoms with Gasteiger partial charge in [0.2, 0.25) is 5.91 Å². The topological polar surface area (TPSA) is 57.6 Å². The van der Waals surface area contributed by atoms with Crippen LogP contribution in [0.2, 0.25) is 0 Å². The van der Waals surface area contributed by atoms with E-state index in [-0.39, 0.29) is 17.7 Å². The first-order chi connectivity index (χ1) is 11.0. The molecule has 0 spiro atoms. The third-order valence-corrected chi connectivity index (χ3v) is 5.49. The smallest absolute Gasteiger partial charge is 0.306 e. The van der Waals surface area contributed by atoms with Crippen molar-refractivity contribution < 1.29 is 14.7 Å². The van der Waals surface area contributed by atoms with Crippen molar-refractivity contribution in [2.75, 3.05) is 13.1 Å². The van der Waals surface area contributed by atoms with Gasteiger partial charge in [0.1, 0.15) is 0 Å². The van der Waals surface area contributed by atoms with Gasteiger partial charge in [0.25, 0.3) is 0 Å². The molecule has 1 aliphatic heterocycles. The average molecular weight is 315 g/mol. The first kappa shape index (κ1) is 16.0. The van der Waals surface area contributed by atoms with Gasteiger partial charge >= 0.3 is 5.97 Å². The summed E-state index contributed by atoms with van der Waals surface area (Å²) < 4.78 is 0. The number of aryl methyl sites for hydroxylation is 1. The van der Waals surface area contributed by atoms with E-state index in [1.165, 1.54) is 11.1 Å². The van der Waals surface area contributed by atoms with Gasteiger partial charge < -0.3 is 10.0 Å². The summed E-state index contributed by atoms with van der Waals surface area (Å²) in [7, 11) is 0. The molecule has 0 aromatic heterocycles. The molecular weight excluding hydrogens is 290 g/mol. The molecule has 0 bridgehead atoms. The van der Waals surface area contributed by atoms with Gasteiger partial charge in [-0.25, -0.2) is 0 Å². The van der Waals surface area contributed by atoms with Crippen molar-refractivity contribution in [3.63, 3.8) is 0 Å². The number of benzene rings is 1. The summed E-state index contributed by atoms with van der Waals surface area (Å²) in [6.07, 6.45) is 4.30. The lowest BCUT2D eigenvalue weighted by atomic mass is 9.81. The zero-order valence-corrected chi connectivity index (χ0v) is 13.7. The second-order valence-corrected chi connectivity index (χ2v) is 7.13. The fourth-order valence-electron chi connectivity index (χ4n) is 4.06. The van der Waals surface area contributed by atoms with Crippen molar-refractivity contribution >= 4 is 11.9 Å². The molecule has 1 fully saturated rings. The fraction of sp³-hybridized carbons (Fsp3) is 0.579. The van der Waals surface area contributed by atoms with E-state index >= 15 is 0 Å². The monoisotopic (exact) mass is 315 g/mol. The molecule has 0 unspecified atom stereocenters. The number of piperidine rings is 1. The summed E-state index contributed by atoms with van der Waals surface area (Å²) >= 11 is 0. The van der Waals surface area contributed by atoms with Crippen molar-refractivity contribution in [2.45, 2.75) is 39.0 Å². The number of nitrogens with zero attached hydrogens (tertiary/aromatic N) is 1. The van der Waals surface area contributed by atoms with E-state index in [9.17, 15) is 14.7 Å². The highest BCUT2D eigenvalue weighted by molar-refractivity contribution is 5.77. The Morgan fingerprint density at radius 3 is 2.65 bits per heavy atom. The molecule has 4 nitrogen and oxygen atoms in total. The van der Waals surface area contributed by atoms with Crippen molar-refractivity contribution in [2.24, 2.45) is 17.8 Å². The summed E-state index contributed by atoms with van der Waals surface area (Å²) in [5.41, 5.74) is 2.81. The van der Waals surface area contributed by atoms with E-state index in [1.807, 2.05) is 11.8 Å². The first-order valence-electron chi connectivity index (χ1n) is 8.62. The maximum atomic E-state index is 12.6. The van der Waals surface area contributed by atoms with Crippen LogP contribution in [-0.4, -0.2) is 35.0 Å². The van der Waals surface area contributed by atoms with E-state index in [2.05, 4.69) is 24.3 Å². The molecule has 3 rings (SSSR count). The molecule has 1 N–H and O–H groups in total. The second kappa shape index (κ2) is 6.73. The summed E-state index contributed by atoms with van der Waals surface area (Å²) in [5, 5.41) is 9.18. The normalized spacial score (nSPS) is 27.3. The van der Waals surface area contributed by atoms with Crippen LogP contribution in [0, 0.1) is 17.8 Å². The first-order valence-corrected chi connectivity index (χ1v) is 8.62. The Balaban J connectivity index is 1.55. The van der Waals surface area contributed by atoms with E-state index in [1.54, 1.807) is 0 Å². The predicted molar refractivity (Wildman–Crippen MR) is 88.1 cm³/mol. The third kappa shape index (κ3) is 3.57. The van der Waals surface area contributed by atoms with Gasteiger partial charge in [0.15, 0.2) is 0 Å². The second-order valence-electron chi connectivity index (χ2n) is 7.13. The van der Waals surface area contributed by atoms with E-state index in [0.717, 1.165) is 19.3 Å². The molecule has 0 saturated carbocycles. The van der Waals surface area contributed by atoms with Crippen molar-refractivity contribution in [1.29, 1.82) is 0 Å². The highest BCUT2D eigenvalue weighted by Crippen LogP contribution is 2.29. The lowest BCUT2D eigenvalue weighted by molar-refractivity contribution is -0.148. The molecule has 2 aliphatic rings. The minimum Gasteiger partial charge on any atom is -0.481 e. The molecular formula is C19H25NO3. The Morgan fingerprint density at radius 1 is 1.22 bits per heavy atom. The van der Waals surface area contributed by atoms with Crippen LogP contribution in [-0.2, 0) is 22.4 Å². The molecule has 1 aromatic rings.